The average molecular weight is 258 g/mol. The zero-order chi connectivity index (χ0) is 12.5. The molecule has 3 aromatic heterocycles. The summed E-state index contributed by atoms with van der Waals surface area (Å²) in [5.41, 5.74) is 0.856. The molecule has 0 aliphatic rings. The number of fused-ring (bicyclic) bond motifs is 1. The van der Waals surface area contributed by atoms with Gasteiger partial charge in [-0.05, 0) is 18.2 Å². The van der Waals surface area contributed by atoms with Crippen molar-refractivity contribution in [2.75, 3.05) is 7.11 Å². The van der Waals surface area contributed by atoms with E-state index in [0.717, 1.165) is 15.8 Å². The summed E-state index contributed by atoms with van der Waals surface area (Å²) in [5.74, 6) is -0.320. The van der Waals surface area contributed by atoms with Gasteiger partial charge in [0.1, 0.15) is 4.88 Å². The number of rotatable bonds is 2. The summed E-state index contributed by atoms with van der Waals surface area (Å²) in [5, 5.41) is 1.01. The van der Waals surface area contributed by atoms with Crippen LogP contribution < -0.4 is 0 Å². The number of pyridine rings is 1. The van der Waals surface area contributed by atoms with Gasteiger partial charge in [-0.3, -0.25) is 4.98 Å². The summed E-state index contributed by atoms with van der Waals surface area (Å²) < 4.78 is 7.74. The molecule has 0 fully saturated rings. The molecular weight excluding hydrogens is 248 g/mol. The van der Waals surface area contributed by atoms with E-state index in [-0.39, 0.29) is 5.97 Å². The number of esters is 1. The van der Waals surface area contributed by atoms with Crippen molar-refractivity contribution in [3.05, 3.63) is 47.9 Å². The van der Waals surface area contributed by atoms with Crippen molar-refractivity contribution in [2.45, 2.75) is 0 Å². The third kappa shape index (κ3) is 1.60. The zero-order valence-corrected chi connectivity index (χ0v) is 10.5. The zero-order valence-electron chi connectivity index (χ0n) is 9.66. The first-order valence-electron chi connectivity index (χ1n) is 5.39. The summed E-state index contributed by atoms with van der Waals surface area (Å²) >= 11 is 1.40. The van der Waals surface area contributed by atoms with E-state index in [4.69, 9.17) is 4.74 Å². The molecule has 0 aliphatic carbocycles. The number of methoxy groups -OCH3 is 1. The Hall–Kier alpha value is -2.14. The maximum absolute atomic E-state index is 11.9. The van der Waals surface area contributed by atoms with E-state index >= 15 is 0 Å². The fourth-order valence-electron chi connectivity index (χ4n) is 1.91. The second kappa shape index (κ2) is 4.27. The Morgan fingerprint density at radius 3 is 2.89 bits per heavy atom. The van der Waals surface area contributed by atoms with Gasteiger partial charge in [-0.15, -0.1) is 11.3 Å². The Kier molecular flexibility index (Phi) is 2.60. The minimum Gasteiger partial charge on any atom is -0.465 e. The Labute approximate surface area is 107 Å². The van der Waals surface area contributed by atoms with E-state index in [9.17, 15) is 4.79 Å². The van der Waals surface area contributed by atoms with Gasteiger partial charge in [0, 0.05) is 30.2 Å². The van der Waals surface area contributed by atoms with Crippen molar-refractivity contribution < 1.29 is 9.53 Å². The topological polar surface area (TPSA) is 44.1 Å². The van der Waals surface area contributed by atoms with Gasteiger partial charge >= 0.3 is 5.97 Å². The number of ether oxygens (including phenoxy) is 1. The molecule has 18 heavy (non-hydrogen) atoms. The van der Waals surface area contributed by atoms with Crippen molar-refractivity contribution in [3.8, 4) is 5.69 Å². The van der Waals surface area contributed by atoms with Crippen LogP contribution in [0.2, 0.25) is 0 Å². The van der Waals surface area contributed by atoms with E-state index in [1.54, 1.807) is 12.4 Å². The van der Waals surface area contributed by atoms with Crippen LogP contribution in [0.25, 0.3) is 15.8 Å². The highest BCUT2D eigenvalue weighted by atomic mass is 32.1. The highest BCUT2D eigenvalue weighted by Crippen LogP contribution is 2.34. The number of nitrogens with zero attached hydrogens (tertiary/aromatic N) is 2. The van der Waals surface area contributed by atoms with Gasteiger partial charge in [0.15, 0.2) is 0 Å². The standard InChI is InChI=1S/C13H10N2O2S/c1-17-13(16)12-11(15-6-2-3-7-15)9-4-5-14-8-10(9)18-12/h2-8H,1H3. The van der Waals surface area contributed by atoms with E-state index in [1.807, 2.05) is 35.2 Å². The lowest BCUT2D eigenvalue weighted by atomic mass is 10.2. The largest absolute Gasteiger partial charge is 0.465 e. The smallest absolute Gasteiger partial charge is 0.350 e. The molecule has 0 atom stereocenters. The number of carbonyl (C=O) groups is 1. The Morgan fingerprint density at radius 2 is 2.17 bits per heavy atom. The van der Waals surface area contributed by atoms with E-state index in [2.05, 4.69) is 4.98 Å². The Balaban J connectivity index is 2.35. The van der Waals surface area contributed by atoms with Gasteiger partial charge in [-0.25, -0.2) is 4.79 Å². The van der Waals surface area contributed by atoms with Crippen molar-refractivity contribution in [3.63, 3.8) is 0 Å². The maximum atomic E-state index is 11.9. The van der Waals surface area contributed by atoms with Crippen LogP contribution in [0.5, 0.6) is 0 Å². The van der Waals surface area contributed by atoms with Crippen LogP contribution >= 0.6 is 11.3 Å². The number of carbonyl (C=O) groups excluding carboxylic acids is 1. The molecule has 0 spiro atoms. The summed E-state index contributed by atoms with van der Waals surface area (Å²) in [6, 6.07) is 5.76. The molecule has 3 heterocycles. The Bertz CT molecular complexity index is 701. The van der Waals surface area contributed by atoms with Gasteiger partial charge in [0.05, 0.1) is 17.5 Å². The first-order valence-corrected chi connectivity index (χ1v) is 6.21. The quantitative estimate of drug-likeness (QED) is 0.664. The minimum atomic E-state index is -0.320. The number of thiophene rings is 1. The van der Waals surface area contributed by atoms with Gasteiger partial charge < -0.3 is 9.30 Å². The highest BCUT2D eigenvalue weighted by molar-refractivity contribution is 7.21. The van der Waals surface area contributed by atoms with E-state index in [0.29, 0.717) is 4.88 Å². The van der Waals surface area contributed by atoms with Crippen LogP contribution in [0.15, 0.2) is 43.0 Å². The molecular formula is C13H10N2O2S. The molecule has 4 nitrogen and oxygen atoms in total. The van der Waals surface area contributed by atoms with Crippen LogP contribution in [-0.4, -0.2) is 22.6 Å². The van der Waals surface area contributed by atoms with Gasteiger partial charge in [-0.1, -0.05) is 0 Å². The molecule has 0 N–H and O–H groups in total. The molecule has 0 saturated heterocycles. The molecule has 0 saturated carbocycles. The summed E-state index contributed by atoms with van der Waals surface area (Å²) in [6.45, 7) is 0. The summed E-state index contributed by atoms with van der Waals surface area (Å²) in [6.07, 6.45) is 7.31. The van der Waals surface area contributed by atoms with Gasteiger partial charge in [-0.2, -0.15) is 0 Å². The molecule has 0 radical (unpaired) electrons. The second-order valence-electron chi connectivity index (χ2n) is 3.73. The number of hydrogen-bond acceptors (Lipinski definition) is 4. The third-order valence-electron chi connectivity index (χ3n) is 2.70. The van der Waals surface area contributed by atoms with Crippen molar-refractivity contribution in [1.82, 2.24) is 9.55 Å². The predicted molar refractivity (Wildman–Crippen MR) is 70.3 cm³/mol. The highest BCUT2D eigenvalue weighted by Gasteiger charge is 2.19. The SMILES string of the molecule is COC(=O)c1sc2cnccc2c1-n1cccc1. The van der Waals surface area contributed by atoms with Gasteiger partial charge in [0.2, 0.25) is 0 Å². The Morgan fingerprint density at radius 1 is 1.39 bits per heavy atom. The van der Waals surface area contributed by atoms with Crippen LogP contribution in [0, 0.1) is 0 Å². The average Bonchev–Trinajstić information content (AvgIpc) is 3.03. The fraction of sp³-hybridized carbons (Fsp3) is 0.0769. The summed E-state index contributed by atoms with van der Waals surface area (Å²) in [7, 11) is 1.39. The lowest BCUT2D eigenvalue weighted by molar-refractivity contribution is 0.0606. The van der Waals surface area contributed by atoms with E-state index < -0.39 is 0 Å². The second-order valence-corrected chi connectivity index (χ2v) is 4.79. The van der Waals surface area contributed by atoms with E-state index in [1.165, 1.54) is 18.4 Å². The third-order valence-corrected chi connectivity index (χ3v) is 3.81. The van der Waals surface area contributed by atoms with Gasteiger partial charge in [0.25, 0.3) is 0 Å². The van der Waals surface area contributed by atoms with Crippen LogP contribution in [0.4, 0.5) is 0 Å². The predicted octanol–water partition coefficient (Wildman–Crippen LogP) is 2.87. The molecule has 0 unspecified atom stereocenters. The van der Waals surface area contributed by atoms with Crippen LogP contribution in [-0.2, 0) is 4.74 Å². The monoisotopic (exact) mass is 258 g/mol. The number of aromatic nitrogens is 2. The first-order chi connectivity index (χ1) is 8.81. The lowest BCUT2D eigenvalue weighted by Gasteiger charge is -2.04. The molecule has 5 heteroatoms. The normalized spacial score (nSPS) is 10.7. The van der Waals surface area contributed by atoms with Crippen LogP contribution in [0.3, 0.4) is 0 Å². The molecule has 0 aliphatic heterocycles. The molecule has 0 aromatic carbocycles. The first kappa shape index (κ1) is 11.0. The van der Waals surface area contributed by atoms with Crippen molar-refractivity contribution in [1.29, 1.82) is 0 Å². The fourth-order valence-corrected chi connectivity index (χ4v) is 3.00. The maximum Gasteiger partial charge on any atom is 0.350 e. The number of hydrogen-bond donors (Lipinski definition) is 0. The molecule has 0 bridgehead atoms. The molecule has 3 aromatic rings. The van der Waals surface area contributed by atoms with Crippen molar-refractivity contribution >= 4 is 27.4 Å². The molecule has 3 rings (SSSR count). The van der Waals surface area contributed by atoms with Crippen molar-refractivity contribution in [2.24, 2.45) is 0 Å². The lowest BCUT2D eigenvalue weighted by Crippen LogP contribution is -2.03. The molecule has 90 valence electrons. The minimum absolute atomic E-state index is 0.320. The molecule has 0 amide bonds. The van der Waals surface area contributed by atoms with Crippen LogP contribution in [0.1, 0.15) is 9.67 Å². The summed E-state index contributed by atoms with van der Waals surface area (Å²) in [4.78, 5) is 16.5.